The van der Waals surface area contributed by atoms with E-state index in [0.717, 1.165) is 5.54 Å². The molecule has 0 aromatic rings. The Balaban J connectivity index is 1.92. The van der Waals surface area contributed by atoms with Crippen molar-refractivity contribution >= 4 is 18.6 Å². The van der Waals surface area contributed by atoms with Crippen LogP contribution in [-0.4, -0.2) is 25.2 Å². The van der Waals surface area contributed by atoms with Crippen LogP contribution in [0.4, 0.5) is 0 Å². The van der Waals surface area contributed by atoms with Gasteiger partial charge in [0.05, 0.1) is 0 Å². The first-order valence-corrected chi connectivity index (χ1v) is 12.2. The maximum atomic E-state index is 7.75. The molecule has 1 heterocycles. The van der Waals surface area contributed by atoms with Gasteiger partial charge in [-0.3, -0.25) is 0 Å². The summed E-state index contributed by atoms with van der Waals surface area (Å²) < 4.78 is 2.88. The number of halogens is 1. The van der Waals surface area contributed by atoms with E-state index in [1.807, 2.05) is 0 Å². The summed E-state index contributed by atoms with van der Waals surface area (Å²) in [5.74, 6) is 0. The molecular weight excluding hydrogens is 282 g/mol. The molecular formula is C17H32ClNSi. The molecule has 0 spiro atoms. The van der Waals surface area contributed by atoms with Gasteiger partial charge in [-0.25, -0.2) is 0 Å². The Bertz CT molecular complexity index is 317. The minimum Gasteiger partial charge on any atom is -0.311 e. The Morgan fingerprint density at radius 1 is 0.950 bits per heavy atom. The van der Waals surface area contributed by atoms with E-state index in [0.29, 0.717) is 5.04 Å². The van der Waals surface area contributed by atoms with Gasteiger partial charge in [-0.1, -0.05) is 58.3 Å². The molecule has 1 unspecified atom stereocenters. The summed E-state index contributed by atoms with van der Waals surface area (Å²) in [4.78, 5) is 0. The molecule has 1 saturated heterocycles. The van der Waals surface area contributed by atoms with Gasteiger partial charge in [0.15, 0.2) is 0 Å². The van der Waals surface area contributed by atoms with Crippen molar-refractivity contribution < 1.29 is 0 Å². The fourth-order valence-electron chi connectivity index (χ4n) is 5.56. The van der Waals surface area contributed by atoms with Crippen LogP contribution in [0, 0.1) is 0 Å². The van der Waals surface area contributed by atoms with Crippen LogP contribution in [-0.2, 0) is 0 Å². The highest BCUT2D eigenvalue weighted by Gasteiger charge is 2.60. The summed E-state index contributed by atoms with van der Waals surface area (Å²) in [6, 6.07) is 0. The van der Waals surface area contributed by atoms with Crippen molar-refractivity contribution in [2.75, 3.05) is 13.1 Å². The second-order valence-electron chi connectivity index (χ2n) is 7.54. The lowest BCUT2D eigenvalue weighted by molar-refractivity contribution is 0.314. The third-order valence-electron chi connectivity index (χ3n) is 6.69. The van der Waals surface area contributed by atoms with Crippen molar-refractivity contribution in [3.8, 4) is 0 Å². The van der Waals surface area contributed by atoms with Crippen LogP contribution in [0.1, 0.15) is 84.0 Å². The maximum Gasteiger partial charge on any atom is 0.238 e. The second kappa shape index (κ2) is 6.30. The van der Waals surface area contributed by atoms with Gasteiger partial charge < -0.3 is 4.57 Å². The van der Waals surface area contributed by atoms with E-state index < -0.39 is 7.55 Å². The van der Waals surface area contributed by atoms with Crippen molar-refractivity contribution in [3.05, 3.63) is 0 Å². The summed E-state index contributed by atoms with van der Waals surface area (Å²) in [6.07, 6.45) is 17.1. The zero-order valence-electron chi connectivity index (χ0n) is 13.3. The van der Waals surface area contributed by atoms with Crippen LogP contribution in [0.3, 0.4) is 0 Å². The van der Waals surface area contributed by atoms with E-state index in [4.69, 9.17) is 11.1 Å². The van der Waals surface area contributed by atoms with E-state index >= 15 is 0 Å². The number of hydrogen-bond acceptors (Lipinski definition) is 1. The third kappa shape index (κ3) is 2.40. The Morgan fingerprint density at radius 3 is 2.10 bits per heavy atom. The van der Waals surface area contributed by atoms with E-state index in [1.54, 1.807) is 0 Å². The molecule has 3 rings (SSSR count). The highest BCUT2D eigenvalue weighted by Crippen LogP contribution is 2.63. The summed E-state index contributed by atoms with van der Waals surface area (Å²) in [5.41, 5.74) is 0.889. The molecule has 2 aliphatic carbocycles. The molecule has 0 radical (unpaired) electrons. The monoisotopic (exact) mass is 313 g/mol. The lowest BCUT2D eigenvalue weighted by atomic mass is 10.0. The van der Waals surface area contributed by atoms with Crippen LogP contribution in [0.25, 0.3) is 0 Å². The molecule has 0 amide bonds. The predicted molar refractivity (Wildman–Crippen MR) is 90.7 cm³/mol. The number of nitrogens with zero attached hydrogens (tertiary/aromatic N) is 1. The molecule has 1 atom stereocenters. The van der Waals surface area contributed by atoms with Crippen molar-refractivity contribution in [3.63, 3.8) is 0 Å². The number of hydrogen-bond donors (Lipinski definition) is 0. The van der Waals surface area contributed by atoms with Gasteiger partial charge in [0.25, 0.3) is 0 Å². The van der Waals surface area contributed by atoms with Crippen LogP contribution in [0.2, 0.25) is 10.6 Å². The first-order chi connectivity index (χ1) is 9.73. The topological polar surface area (TPSA) is 3.24 Å². The molecule has 1 aliphatic heterocycles. The largest absolute Gasteiger partial charge is 0.311 e. The Labute approximate surface area is 131 Å². The van der Waals surface area contributed by atoms with Gasteiger partial charge in [-0.05, 0) is 49.4 Å². The van der Waals surface area contributed by atoms with Crippen molar-refractivity contribution in [2.24, 2.45) is 0 Å². The highest BCUT2D eigenvalue weighted by molar-refractivity contribution is 7.21. The van der Waals surface area contributed by atoms with Gasteiger partial charge >= 0.3 is 0 Å². The average molecular weight is 314 g/mol. The van der Waals surface area contributed by atoms with Crippen LogP contribution in [0.15, 0.2) is 0 Å². The first kappa shape index (κ1) is 15.4. The zero-order chi connectivity index (χ0) is 14.1. The zero-order valence-corrected chi connectivity index (χ0v) is 15.1. The molecule has 3 aliphatic rings. The third-order valence-corrected chi connectivity index (χ3v) is 14.9. The summed E-state index contributed by atoms with van der Waals surface area (Å²) >= 11 is 7.75. The maximum absolute atomic E-state index is 7.75. The van der Waals surface area contributed by atoms with E-state index in [-0.39, 0.29) is 0 Å². The molecule has 2 saturated carbocycles. The molecule has 116 valence electrons. The highest BCUT2D eigenvalue weighted by atomic mass is 35.6. The average Bonchev–Trinajstić information content (AvgIpc) is 3.19. The van der Waals surface area contributed by atoms with E-state index in [1.165, 1.54) is 90.1 Å². The van der Waals surface area contributed by atoms with Crippen molar-refractivity contribution in [2.45, 2.75) is 94.6 Å². The molecule has 0 bridgehead atoms. The SMILES string of the molecule is CCC1([Si](Cl)(C2CCCC2)N2CCCCC2)CCCC1. The Hall–Kier alpha value is 0.467. The normalized spacial score (nSPS) is 31.5. The first-order valence-electron chi connectivity index (χ1n) is 9.17. The standard InChI is InChI=1S/C17H32ClNSi/c1-2-17(12-6-7-13-17)20(18,16-10-4-5-11-16)19-14-8-3-9-15-19/h16H,2-15H2,1H3. The lowest BCUT2D eigenvalue weighted by Gasteiger charge is -2.53. The molecule has 0 aromatic heterocycles. The molecule has 0 aromatic carbocycles. The summed E-state index contributed by atoms with van der Waals surface area (Å²) in [5, 5.41) is 0.543. The summed E-state index contributed by atoms with van der Waals surface area (Å²) in [7, 11) is -1.83. The minimum absolute atomic E-state index is 0.543. The quantitative estimate of drug-likeness (QED) is 0.467. The lowest BCUT2D eigenvalue weighted by Crippen LogP contribution is -2.61. The summed E-state index contributed by atoms with van der Waals surface area (Å²) in [6.45, 7) is 5.07. The fourth-order valence-corrected chi connectivity index (χ4v) is 13.4. The Morgan fingerprint density at radius 2 is 1.55 bits per heavy atom. The molecule has 0 N–H and O–H groups in total. The fraction of sp³-hybridized carbons (Fsp3) is 1.00. The van der Waals surface area contributed by atoms with Gasteiger partial charge in [0.1, 0.15) is 0 Å². The smallest absolute Gasteiger partial charge is 0.238 e. The van der Waals surface area contributed by atoms with E-state index in [9.17, 15) is 0 Å². The van der Waals surface area contributed by atoms with Gasteiger partial charge in [0, 0.05) is 0 Å². The second-order valence-corrected chi connectivity index (χ2v) is 13.1. The van der Waals surface area contributed by atoms with Crippen molar-refractivity contribution in [1.29, 1.82) is 0 Å². The van der Waals surface area contributed by atoms with Crippen LogP contribution >= 0.6 is 11.1 Å². The number of rotatable bonds is 4. The minimum atomic E-state index is -1.83. The number of piperidine rings is 1. The molecule has 1 nitrogen and oxygen atoms in total. The molecule has 3 fully saturated rings. The predicted octanol–water partition coefficient (Wildman–Crippen LogP) is 5.82. The Kier molecular flexibility index (Phi) is 4.84. The van der Waals surface area contributed by atoms with Crippen molar-refractivity contribution in [1.82, 2.24) is 4.57 Å². The van der Waals surface area contributed by atoms with Gasteiger partial charge in [0.2, 0.25) is 7.55 Å². The van der Waals surface area contributed by atoms with Crippen LogP contribution in [0.5, 0.6) is 0 Å². The van der Waals surface area contributed by atoms with E-state index in [2.05, 4.69) is 11.5 Å². The van der Waals surface area contributed by atoms with Gasteiger partial charge in [-0.15, -0.1) is 11.1 Å². The molecule has 20 heavy (non-hydrogen) atoms. The van der Waals surface area contributed by atoms with Gasteiger partial charge in [-0.2, -0.15) is 0 Å². The van der Waals surface area contributed by atoms with Crippen LogP contribution < -0.4 is 0 Å². The molecule has 3 heteroatoms.